The second-order valence-electron chi connectivity index (χ2n) is 6.71. The van der Waals surface area contributed by atoms with Gasteiger partial charge in [0, 0.05) is 13.0 Å². The van der Waals surface area contributed by atoms with Gasteiger partial charge in [0.2, 0.25) is 5.95 Å². The first-order valence-corrected chi connectivity index (χ1v) is 9.92. The highest BCUT2D eigenvalue weighted by Gasteiger charge is 2.36. The van der Waals surface area contributed by atoms with E-state index in [1.165, 1.54) is 0 Å². The van der Waals surface area contributed by atoms with Gasteiger partial charge in [-0.15, -0.1) is 0 Å². The molecule has 0 saturated carbocycles. The number of nitrogens with two attached hydrogens (primary N) is 2. The number of fused-ring (bicyclic) bond motifs is 1. The molecule has 0 amide bonds. The number of nitrogen functional groups attached to an aromatic ring is 2. The molecule has 2 aromatic heterocycles. The molecule has 0 atom stereocenters. The Hall–Kier alpha value is -1.67. The summed E-state index contributed by atoms with van der Waals surface area (Å²) in [6.45, 7) is 11.8. The zero-order valence-electron chi connectivity index (χ0n) is 13.3. The van der Waals surface area contributed by atoms with E-state index in [2.05, 4.69) is 53.8 Å². The molecule has 2 aromatic rings. The van der Waals surface area contributed by atoms with E-state index in [1.54, 1.807) is 0 Å². The second kappa shape index (κ2) is 5.27. The number of nitrogens with one attached hydrogen (secondary N) is 1. The number of aromatic nitrogens is 4. The van der Waals surface area contributed by atoms with Crippen molar-refractivity contribution in [3.63, 3.8) is 0 Å². The van der Waals surface area contributed by atoms with Gasteiger partial charge < -0.3 is 20.9 Å². The zero-order chi connectivity index (χ0) is 15.8. The molecule has 0 saturated heterocycles. The summed E-state index contributed by atoms with van der Waals surface area (Å²) in [7, 11) is -1.73. The van der Waals surface area contributed by atoms with Crippen LogP contribution in [0.25, 0.3) is 11.2 Å². The maximum absolute atomic E-state index is 6.13. The van der Waals surface area contributed by atoms with Gasteiger partial charge in [-0.2, -0.15) is 9.97 Å². The molecular formula is C13H24N6OSi. The summed E-state index contributed by atoms with van der Waals surface area (Å²) in [6, 6.07) is 0. The van der Waals surface area contributed by atoms with Gasteiger partial charge in [-0.25, -0.2) is 4.98 Å². The molecule has 0 bridgehead atoms. The predicted octanol–water partition coefficient (Wildman–Crippen LogP) is 2.08. The van der Waals surface area contributed by atoms with E-state index in [0.717, 1.165) is 5.82 Å². The highest BCUT2D eigenvalue weighted by molar-refractivity contribution is 6.74. The first kappa shape index (κ1) is 15.7. The number of rotatable bonds is 4. The van der Waals surface area contributed by atoms with Gasteiger partial charge in [-0.3, -0.25) is 0 Å². The van der Waals surface area contributed by atoms with Crippen LogP contribution in [0.5, 0.6) is 0 Å². The zero-order valence-corrected chi connectivity index (χ0v) is 14.3. The van der Waals surface area contributed by atoms with E-state index < -0.39 is 8.32 Å². The molecule has 21 heavy (non-hydrogen) atoms. The third-order valence-corrected chi connectivity index (χ3v) is 8.59. The van der Waals surface area contributed by atoms with Crippen molar-refractivity contribution in [2.24, 2.45) is 0 Å². The summed E-state index contributed by atoms with van der Waals surface area (Å²) in [6.07, 6.45) is 0.683. The summed E-state index contributed by atoms with van der Waals surface area (Å²) < 4.78 is 6.13. The van der Waals surface area contributed by atoms with Crippen LogP contribution in [0.2, 0.25) is 18.1 Å². The van der Waals surface area contributed by atoms with Crippen LogP contribution in [0.1, 0.15) is 26.6 Å². The van der Waals surface area contributed by atoms with E-state index >= 15 is 0 Å². The van der Waals surface area contributed by atoms with Gasteiger partial charge in [0.1, 0.15) is 11.3 Å². The molecule has 2 heterocycles. The van der Waals surface area contributed by atoms with Crippen molar-refractivity contribution < 1.29 is 4.43 Å². The van der Waals surface area contributed by atoms with Crippen molar-refractivity contribution in [3.05, 3.63) is 5.82 Å². The van der Waals surface area contributed by atoms with Crippen molar-refractivity contribution in [2.45, 2.75) is 45.3 Å². The van der Waals surface area contributed by atoms with E-state index in [4.69, 9.17) is 15.9 Å². The normalized spacial score (nSPS) is 13.0. The molecule has 7 nitrogen and oxygen atoms in total. The van der Waals surface area contributed by atoms with Crippen LogP contribution < -0.4 is 11.5 Å². The smallest absolute Gasteiger partial charge is 0.224 e. The van der Waals surface area contributed by atoms with Gasteiger partial charge in [0.25, 0.3) is 0 Å². The van der Waals surface area contributed by atoms with E-state index in [-0.39, 0.29) is 11.0 Å². The van der Waals surface area contributed by atoms with Gasteiger partial charge in [-0.05, 0) is 18.1 Å². The van der Waals surface area contributed by atoms with Crippen molar-refractivity contribution in [3.8, 4) is 0 Å². The van der Waals surface area contributed by atoms with Crippen LogP contribution in [-0.2, 0) is 10.8 Å². The average Bonchev–Trinajstić information content (AvgIpc) is 2.70. The highest BCUT2D eigenvalue weighted by atomic mass is 28.4. The number of nitrogens with zero attached hydrogens (tertiary/aromatic N) is 3. The summed E-state index contributed by atoms with van der Waals surface area (Å²) in [4.78, 5) is 15.5. The Balaban J connectivity index is 2.06. The molecule has 0 spiro atoms. The maximum Gasteiger partial charge on any atom is 0.224 e. The van der Waals surface area contributed by atoms with Crippen molar-refractivity contribution in [1.29, 1.82) is 0 Å². The van der Waals surface area contributed by atoms with Gasteiger partial charge in [0.15, 0.2) is 19.8 Å². The van der Waals surface area contributed by atoms with Crippen molar-refractivity contribution in [2.75, 3.05) is 18.1 Å². The molecular weight excluding hydrogens is 284 g/mol. The number of aromatic amines is 1. The SMILES string of the molecule is CC(C)(C)[Si](C)(C)OCCc1nc2nc(N)nc(N)c2[nH]1. The molecule has 0 unspecified atom stereocenters. The minimum atomic E-state index is -1.73. The lowest BCUT2D eigenvalue weighted by molar-refractivity contribution is 0.290. The van der Waals surface area contributed by atoms with E-state index in [9.17, 15) is 0 Å². The molecule has 116 valence electrons. The van der Waals surface area contributed by atoms with Crippen molar-refractivity contribution >= 4 is 31.2 Å². The van der Waals surface area contributed by atoms with Gasteiger partial charge >= 0.3 is 0 Å². The Morgan fingerprint density at radius 2 is 1.81 bits per heavy atom. The first-order valence-electron chi connectivity index (χ1n) is 7.02. The second-order valence-corrected chi connectivity index (χ2v) is 11.5. The van der Waals surface area contributed by atoms with Crippen LogP contribution in [-0.4, -0.2) is 34.9 Å². The fraction of sp³-hybridized carbons (Fsp3) is 0.615. The molecule has 0 aliphatic rings. The Kier molecular flexibility index (Phi) is 3.94. The molecule has 0 aliphatic heterocycles. The third kappa shape index (κ3) is 3.33. The number of imidazole rings is 1. The molecule has 0 fully saturated rings. The minimum absolute atomic E-state index is 0.135. The quantitative estimate of drug-likeness (QED) is 0.745. The topological polar surface area (TPSA) is 116 Å². The Morgan fingerprint density at radius 3 is 2.43 bits per heavy atom. The van der Waals surface area contributed by atoms with Crippen molar-refractivity contribution in [1.82, 2.24) is 19.9 Å². The van der Waals surface area contributed by atoms with E-state index in [1.807, 2.05) is 0 Å². The summed E-state index contributed by atoms with van der Waals surface area (Å²) in [5.41, 5.74) is 12.5. The monoisotopic (exact) mass is 308 g/mol. The Morgan fingerprint density at radius 1 is 1.14 bits per heavy atom. The Bertz CT molecular complexity index is 646. The lowest BCUT2D eigenvalue weighted by Gasteiger charge is -2.36. The van der Waals surface area contributed by atoms with Crippen LogP contribution in [0.4, 0.5) is 11.8 Å². The van der Waals surface area contributed by atoms with Crippen LogP contribution in [0.15, 0.2) is 0 Å². The fourth-order valence-electron chi connectivity index (χ4n) is 1.72. The number of H-pyrrole nitrogens is 1. The standard InChI is InChI=1S/C13H24N6OSi/c1-13(2,3)21(4,5)20-7-6-8-16-9-10(14)18-12(15)19-11(9)17-8/h6-7H2,1-5H3,(H5,14,15,16,17,18,19). The van der Waals surface area contributed by atoms with Crippen LogP contribution >= 0.6 is 0 Å². The third-order valence-electron chi connectivity index (χ3n) is 4.05. The molecule has 8 heteroatoms. The van der Waals surface area contributed by atoms with Crippen LogP contribution in [0.3, 0.4) is 0 Å². The largest absolute Gasteiger partial charge is 0.416 e. The average molecular weight is 308 g/mol. The molecule has 0 radical (unpaired) electrons. The molecule has 5 N–H and O–H groups in total. The summed E-state index contributed by atoms with van der Waals surface area (Å²) in [5.74, 6) is 1.24. The van der Waals surface area contributed by atoms with Gasteiger partial charge in [-0.1, -0.05) is 20.8 Å². The van der Waals surface area contributed by atoms with Gasteiger partial charge in [0.05, 0.1) is 0 Å². The number of hydrogen-bond acceptors (Lipinski definition) is 6. The van der Waals surface area contributed by atoms with E-state index in [0.29, 0.717) is 30.0 Å². The minimum Gasteiger partial charge on any atom is -0.416 e. The number of hydrogen-bond donors (Lipinski definition) is 3. The highest BCUT2D eigenvalue weighted by Crippen LogP contribution is 2.36. The molecule has 0 aliphatic carbocycles. The molecule has 0 aromatic carbocycles. The maximum atomic E-state index is 6.13. The fourth-order valence-corrected chi connectivity index (χ4v) is 2.77. The lowest BCUT2D eigenvalue weighted by Crippen LogP contribution is -2.41. The summed E-state index contributed by atoms with van der Waals surface area (Å²) >= 11 is 0. The number of anilines is 2. The van der Waals surface area contributed by atoms with Crippen LogP contribution in [0, 0.1) is 0 Å². The lowest BCUT2D eigenvalue weighted by atomic mass is 10.2. The molecule has 2 rings (SSSR count). The Labute approximate surface area is 125 Å². The summed E-state index contributed by atoms with van der Waals surface area (Å²) in [5, 5.41) is 0.200. The first-order chi connectivity index (χ1) is 9.60. The predicted molar refractivity (Wildman–Crippen MR) is 87.4 cm³/mol.